The highest BCUT2D eigenvalue weighted by Crippen LogP contribution is 2.36. The average molecular weight is 483 g/mol. The van der Waals surface area contributed by atoms with Crippen molar-refractivity contribution in [3.05, 3.63) is 143 Å². The molecular formula is C32H26N4O. The molecule has 4 aromatic carbocycles. The van der Waals surface area contributed by atoms with Crippen LogP contribution in [0.25, 0.3) is 6.08 Å². The SMILES string of the molecule is N#C/C(=C\c1ccc(N2N=C(c3ccccc3)CC2c2ccccc2)cc1)C(=O)NCc1ccccc1. The molecule has 0 aliphatic carbocycles. The molecule has 0 saturated carbocycles. The molecule has 5 heteroatoms. The van der Waals surface area contributed by atoms with Crippen LogP contribution in [0, 0.1) is 11.3 Å². The Balaban J connectivity index is 1.36. The lowest BCUT2D eigenvalue weighted by Crippen LogP contribution is -2.23. The van der Waals surface area contributed by atoms with Gasteiger partial charge in [0.25, 0.3) is 5.91 Å². The van der Waals surface area contributed by atoms with Crippen molar-refractivity contribution in [3.63, 3.8) is 0 Å². The second kappa shape index (κ2) is 11.2. The summed E-state index contributed by atoms with van der Waals surface area (Å²) < 4.78 is 0. The van der Waals surface area contributed by atoms with E-state index in [9.17, 15) is 10.1 Å². The Labute approximate surface area is 217 Å². The van der Waals surface area contributed by atoms with Gasteiger partial charge in [-0.2, -0.15) is 10.4 Å². The molecule has 1 unspecified atom stereocenters. The Hall–Kier alpha value is -4.95. The first-order chi connectivity index (χ1) is 18.2. The summed E-state index contributed by atoms with van der Waals surface area (Å²) in [4.78, 5) is 12.6. The van der Waals surface area contributed by atoms with E-state index in [0.29, 0.717) is 6.54 Å². The number of amides is 1. The molecule has 0 spiro atoms. The third-order valence-corrected chi connectivity index (χ3v) is 6.33. The van der Waals surface area contributed by atoms with Crippen molar-refractivity contribution in [1.82, 2.24) is 5.32 Å². The monoisotopic (exact) mass is 482 g/mol. The minimum atomic E-state index is -0.392. The van der Waals surface area contributed by atoms with Crippen LogP contribution in [0.5, 0.6) is 0 Å². The summed E-state index contributed by atoms with van der Waals surface area (Å²) in [6.07, 6.45) is 2.41. The van der Waals surface area contributed by atoms with Crippen molar-refractivity contribution < 1.29 is 4.79 Å². The first-order valence-corrected chi connectivity index (χ1v) is 12.2. The van der Waals surface area contributed by atoms with Gasteiger partial charge in [0.2, 0.25) is 0 Å². The highest BCUT2D eigenvalue weighted by Gasteiger charge is 2.29. The molecule has 1 amide bonds. The predicted molar refractivity (Wildman–Crippen MR) is 148 cm³/mol. The van der Waals surface area contributed by atoms with Gasteiger partial charge in [0, 0.05) is 13.0 Å². The van der Waals surface area contributed by atoms with Gasteiger partial charge in [0.15, 0.2) is 0 Å². The number of hydrogen-bond donors (Lipinski definition) is 1. The van der Waals surface area contributed by atoms with Gasteiger partial charge < -0.3 is 5.32 Å². The first-order valence-electron chi connectivity index (χ1n) is 12.2. The summed E-state index contributed by atoms with van der Waals surface area (Å²) in [6, 6.07) is 40.1. The smallest absolute Gasteiger partial charge is 0.262 e. The fourth-order valence-electron chi connectivity index (χ4n) is 4.40. The van der Waals surface area contributed by atoms with E-state index in [1.807, 2.05) is 97.1 Å². The van der Waals surface area contributed by atoms with Crippen molar-refractivity contribution in [2.45, 2.75) is 19.0 Å². The zero-order valence-electron chi connectivity index (χ0n) is 20.3. The maximum Gasteiger partial charge on any atom is 0.262 e. The van der Waals surface area contributed by atoms with Gasteiger partial charge in [-0.25, -0.2) is 0 Å². The third-order valence-electron chi connectivity index (χ3n) is 6.33. The number of nitriles is 1. The van der Waals surface area contributed by atoms with Crippen LogP contribution >= 0.6 is 0 Å². The summed E-state index contributed by atoms with van der Waals surface area (Å²) in [5, 5.41) is 19.4. The van der Waals surface area contributed by atoms with Gasteiger partial charge in [0.05, 0.1) is 17.4 Å². The molecule has 1 atom stereocenters. The van der Waals surface area contributed by atoms with E-state index in [0.717, 1.165) is 34.5 Å². The molecule has 0 saturated heterocycles. The number of hydrazone groups is 1. The van der Waals surface area contributed by atoms with E-state index in [-0.39, 0.29) is 11.6 Å². The topological polar surface area (TPSA) is 68.5 Å². The first kappa shape index (κ1) is 23.8. The van der Waals surface area contributed by atoms with E-state index in [1.54, 1.807) is 6.08 Å². The van der Waals surface area contributed by atoms with Crippen LogP contribution in [-0.2, 0) is 11.3 Å². The molecule has 0 fully saturated rings. The molecular weight excluding hydrogens is 456 g/mol. The highest BCUT2D eigenvalue weighted by atomic mass is 16.1. The van der Waals surface area contributed by atoms with Gasteiger partial charge in [-0.15, -0.1) is 0 Å². The van der Waals surface area contributed by atoms with Gasteiger partial charge in [-0.3, -0.25) is 9.80 Å². The highest BCUT2D eigenvalue weighted by molar-refractivity contribution is 6.03. The Morgan fingerprint density at radius 1 is 0.892 bits per heavy atom. The number of hydrogen-bond acceptors (Lipinski definition) is 4. The Morgan fingerprint density at radius 2 is 1.51 bits per heavy atom. The van der Waals surface area contributed by atoms with E-state index in [4.69, 9.17) is 5.10 Å². The number of rotatable bonds is 7. The lowest BCUT2D eigenvalue weighted by molar-refractivity contribution is -0.117. The van der Waals surface area contributed by atoms with Crippen molar-refractivity contribution >= 4 is 23.4 Å². The Kier molecular flexibility index (Phi) is 7.19. The average Bonchev–Trinajstić information content (AvgIpc) is 3.42. The normalized spacial score (nSPS) is 15.1. The lowest BCUT2D eigenvalue weighted by atomic mass is 9.98. The quantitative estimate of drug-likeness (QED) is 0.249. The van der Waals surface area contributed by atoms with E-state index < -0.39 is 5.91 Å². The van der Waals surface area contributed by atoms with Crippen LogP contribution in [0.3, 0.4) is 0 Å². The van der Waals surface area contributed by atoms with Gasteiger partial charge in [-0.1, -0.05) is 103 Å². The molecule has 37 heavy (non-hydrogen) atoms. The van der Waals surface area contributed by atoms with Gasteiger partial charge in [0.1, 0.15) is 11.6 Å². The summed E-state index contributed by atoms with van der Waals surface area (Å²) in [5.74, 6) is -0.392. The van der Waals surface area contributed by atoms with E-state index >= 15 is 0 Å². The largest absolute Gasteiger partial charge is 0.347 e. The maximum absolute atomic E-state index is 12.6. The minimum Gasteiger partial charge on any atom is -0.347 e. The molecule has 1 aliphatic rings. The fraction of sp³-hybridized carbons (Fsp3) is 0.0938. The lowest BCUT2D eigenvalue weighted by Gasteiger charge is -2.24. The van der Waals surface area contributed by atoms with Crippen LogP contribution in [0.1, 0.15) is 34.7 Å². The molecule has 0 aromatic heterocycles. The predicted octanol–water partition coefficient (Wildman–Crippen LogP) is 6.27. The summed E-state index contributed by atoms with van der Waals surface area (Å²) in [5.41, 5.74) is 6.12. The van der Waals surface area contributed by atoms with Crippen LogP contribution in [0.15, 0.2) is 126 Å². The van der Waals surface area contributed by atoms with Crippen molar-refractivity contribution in [3.8, 4) is 6.07 Å². The molecule has 180 valence electrons. The van der Waals surface area contributed by atoms with E-state index in [1.165, 1.54) is 5.56 Å². The summed E-state index contributed by atoms with van der Waals surface area (Å²) in [6.45, 7) is 0.370. The molecule has 5 nitrogen and oxygen atoms in total. The molecule has 0 radical (unpaired) electrons. The van der Waals surface area contributed by atoms with Crippen LogP contribution < -0.4 is 10.3 Å². The number of carbonyl (C=O) groups excluding carboxylic acids is 1. The summed E-state index contributed by atoms with van der Waals surface area (Å²) >= 11 is 0. The number of nitrogens with one attached hydrogen (secondary N) is 1. The second-order valence-corrected chi connectivity index (χ2v) is 8.82. The maximum atomic E-state index is 12.6. The van der Waals surface area contributed by atoms with Crippen LogP contribution in [-0.4, -0.2) is 11.6 Å². The molecule has 5 rings (SSSR count). The minimum absolute atomic E-state index is 0.0661. The summed E-state index contributed by atoms with van der Waals surface area (Å²) in [7, 11) is 0. The number of anilines is 1. The number of carbonyl (C=O) groups is 1. The van der Waals surface area contributed by atoms with Crippen molar-refractivity contribution in [1.29, 1.82) is 5.26 Å². The zero-order chi connectivity index (χ0) is 25.5. The van der Waals surface area contributed by atoms with Crippen LogP contribution in [0.2, 0.25) is 0 Å². The standard InChI is InChI=1S/C32H26N4O/c33-22-28(32(37)34-23-25-10-4-1-5-11-25)20-24-16-18-29(19-17-24)36-31(27-14-8-3-9-15-27)21-30(35-36)26-12-6-2-7-13-26/h1-20,31H,21,23H2,(H,34,37)/b28-20+. The van der Waals surface area contributed by atoms with Crippen molar-refractivity contribution in [2.24, 2.45) is 5.10 Å². The van der Waals surface area contributed by atoms with Crippen LogP contribution in [0.4, 0.5) is 5.69 Å². The molecule has 1 N–H and O–H groups in total. The van der Waals surface area contributed by atoms with Gasteiger partial charge >= 0.3 is 0 Å². The zero-order valence-corrected chi connectivity index (χ0v) is 20.3. The number of nitrogens with zero attached hydrogens (tertiary/aromatic N) is 3. The fourth-order valence-corrected chi connectivity index (χ4v) is 4.40. The molecule has 4 aromatic rings. The van der Waals surface area contributed by atoms with Crippen molar-refractivity contribution in [2.75, 3.05) is 5.01 Å². The second-order valence-electron chi connectivity index (χ2n) is 8.82. The Bertz CT molecular complexity index is 1450. The van der Waals surface area contributed by atoms with Gasteiger partial charge in [-0.05, 0) is 40.5 Å². The molecule has 0 bridgehead atoms. The molecule has 1 aliphatic heterocycles. The Morgan fingerprint density at radius 3 is 2.16 bits per heavy atom. The van der Waals surface area contributed by atoms with E-state index in [2.05, 4.69) is 34.6 Å². The third kappa shape index (κ3) is 5.66. The number of benzene rings is 4. The molecule has 1 heterocycles.